The average Bonchev–Trinajstić information content (AvgIpc) is 2.66. The number of likely N-dealkylation sites (tertiary alicyclic amines) is 1. The van der Waals surface area contributed by atoms with E-state index in [0.29, 0.717) is 18.9 Å². The first kappa shape index (κ1) is 15.0. The van der Waals surface area contributed by atoms with Gasteiger partial charge < -0.3 is 10.1 Å². The van der Waals surface area contributed by atoms with Crippen LogP contribution < -0.4 is 5.32 Å². The summed E-state index contributed by atoms with van der Waals surface area (Å²) in [5.41, 5.74) is 0. The van der Waals surface area contributed by atoms with Crippen LogP contribution in [0.2, 0.25) is 0 Å². The highest BCUT2D eigenvalue weighted by atomic mass is 35.5. The normalized spacial score (nSPS) is 25.1. The smallest absolute Gasteiger partial charge is 0.323 e. The van der Waals surface area contributed by atoms with Gasteiger partial charge in [-0.15, -0.1) is 23.2 Å². The quantitative estimate of drug-likeness (QED) is 0.431. The van der Waals surface area contributed by atoms with Crippen LogP contribution in [-0.4, -0.2) is 61.0 Å². The minimum Gasteiger partial charge on any atom is -0.465 e. The van der Waals surface area contributed by atoms with Gasteiger partial charge in [-0.25, -0.2) is 0 Å². The molecular formula is C11H20Cl2N2O2. The predicted octanol–water partition coefficient (Wildman–Crippen LogP) is 1.06. The Hall–Kier alpha value is -0.0300. The van der Waals surface area contributed by atoms with Crippen LogP contribution in [0.25, 0.3) is 0 Å². The molecule has 1 aliphatic heterocycles. The Balaban J connectivity index is 2.36. The first-order valence-electron chi connectivity index (χ1n) is 6.00. The van der Waals surface area contributed by atoms with Crippen molar-refractivity contribution in [2.75, 3.05) is 38.7 Å². The molecule has 6 heteroatoms. The van der Waals surface area contributed by atoms with Crippen molar-refractivity contribution in [2.45, 2.75) is 24.8 Å². The molecule has 1 unspecified atom stereocenters. The maximum atomic E-state index is 11.7. The molecule has 17 heavy (non-hydrogen) atoms. The van der Waals surface area contributed by atoms with Crippen LogP contribution in [0.1, 0.15) is 13.3 Å². The van der Waals surface area contributed by atoms with Crippen LogP contribution in [0.3, 0.4) is 0 Å². The molecule has 4 nitrogen and oxygen atoms in total. The lowest BCUT2D eigenvalue weighted by molar-refractivity contribution is -0.148. The number of ether oxygens (including phenoxy) is 1. The molecule has 0 amide bonds. The molecule has 1 saturated heterocycles. The fourth-order valence-corrected chi connectivity index (χ4v) is 2.47. The SMILES string of the molecule is CCOC(=O)[C@@H]1CC(Cl)CN1CCNCCCl. The summed E-state index contributed by atoms with van der Waals surface area (Å²) in [6, 6.07) is -0.185. The Morgan fingerprint density at radius 1 is 1.53 bits per heavy atom. The second-order valence-electron chi connectivity index (χ2n) is 4.03. The molecule has 0 aliphatic carbocycles. The molecule has 2 atom stereocenters. The monoisotopic (exact) mass is 282 g/mol. The van der Waals surface area contributed by atoms with E-state index in [1.54, 1.807) is 0 Å². The van der Waals surface area contributed by atoms with Gasteiger partial charge >= 0.3 is 5.97 Å². The largest absolute Gasteiger partial charge is 0.465 e. The van der Waals surface area contributed by atoms with Crippen molar-refractivity contribution in [3.05, 3.63) is 0 Å². The van der Waals surface area contributed by atoms with Gasteiger partial charge in [0.15, 0.2) is 0 Å². The van der Waals surface area contributed by atoms with Crippen LogP contribution in [-0.2, 0) is 9.53 Å². The summed E-state index contributed by atoms with van der Waals surface area (Å²) < 4.78 is 5.05. The number of alkyl halides is 2. The molecule has 1 aliphatic rings. The number of nitrogens with zero attached hydrogens (tertiary/aromatic N) is 1. The highest BCUT2D eigenvalue weighted by Crippen LogP contribution is 2.22. The van der Waals surface area contributed by atoms with E-state index < -0.39 is 0 Å². The van der Waals surface area contributed by atoms with Gasteiger partial charge in [0.2, 0.25) is 0 Å². The van der Waals surface area contributed by atoms with Gasteiger partial charge in [-0.05, 0) is 13.3 Å². The average molecular weight is 283 g/mol. The van der Waals surface area contributed by atoms with Crippen LogP contribution in [0.5, 0.6) is 0 Å². The standard InChI is InChI=1S/C11H20Cl2N2O2/c1-2-17-11(16)10-7-9(13)8-15(10)6-5-14-4-3-12/h9-10,14H,2-8H2,1H3/t9?,10-/m0/s1. The second kappa shape index (κ2) is 8.14. The molecule has 1 heterocycles. The first-order valence-corrected chi connectivity index (χ1v) is 6.97. The summed E-state index contributed by atoms with van der Waals surface area (Å²) >= 11 is 11.7. The number of rotatable bonds is 7. The van der Waals surface area contributed by atoms with E-state index in [4.69, 9.17) is 27.9 Å². The molecule has 1 rings (SSSR count). The minimum absolute atomic E-state index is 0.0393. The molecule has 0 saturated carbocycles. The van der Waals surface area contributed by atoms with Gasteiger partial charge in [0.25, 0.3) is 0 Å². The fourth-order valence-electron chi connectivity index (χ4n) is 1.99. The molecule has 0 aromatic carbocycles. The summed E-state index contributed by atoms with van der Waals surface area (Å²) in [5, 5.41) is 3.24. The van der Waals surface area contributed by atoms with Crippen LogP contribution in [0, 0.1) is 0 Å². The van der Waals surface area contributed by atoms with Crippen molar-refractivity contribution < 1.29 is 9.53 Å². The van der Waals surface area contributed by atoms with Crippen molar-refractivity contribution in [3.8, 4) is 0 Å². The molecule has 1 fully saturated rings. The summed E-state index contributed by atoms with van der Waals surface area (Å²) in [4.78, 5) is 13.8. The number of carbonyl (C=O) groups excluding carboxylic acids is 1. The maximum Gasteiger partial charge on any atom is 0.323 e. The van der Waals surface area contributed by atoms with Gasteiger partial charge in [0.05, 0.1) is 6.61 Å². The molecular weight excluding hydrogens is 263 g/mol. The molecule has 0 aromatic rings. The van der Waals surface area contributed by atoms with E-state index in [9.17, 15) is 4.79 Å². The van der Waals surface area contributed by atoms with Gasteiger partial charge in [-0.2, -0.15) is 0 Å². The van der Waals surface area contributed by atoms with Gasteiger partial charge in [0, 0.05) is 37.4 Å². The Morgan fingerprint density at radius 3 is 2.94 bits per heavy atom. The van der Waals surface area contributed by atoms with Crippen molar-refractivity contribution in [1.82, 2.24) is 10.2 Å². The zero-order valence-corrected chi connectivity index (χ0v) is 11.6. The molecule has 0 bridgehead atoms. The number of hydrogen-bond donors (Lipinski definition) is 1. The second-order valence-corrected chi connectivity index (χ2v) is 5.03. The fraction of sp³-hybridized carbons (Fsp3) is 0.909. The van der Waals surface area contributed by atoms with E-state index in [0.717, 1.165) is 26.2 Å². The Bertz CT molecular complexity index is 242. The Kier molecular flexibility index (Phi) is 7.19. The zero-order chi connectivity index (χ0) is 12.7. The Morgan fingerprint density at radius 2 is 2.29 bits per heavy atom. The van der Waals surface area contributed by atoms with Crippen LogP contribution in [0.4, 0.5) is 0 Å². The Labute approximate surface area is 113 Å². The number of esters is 1. The summed E-state index contributed by atoms with van der Waals surface area (Å²) in [6.07, 6.45) is 0.676. The first-order chi connectivity index (χ1) is 8.19. The summed E-state index contributed by atoms with van der Waals surface area (Å²) in [5.74, 6) is 0.437. The molecule has 1 N–H and O–H groups in total. The highest BCUT2D eigenvalue weighted by molar-refractivity contribution is 6.21. The molecule has 100 valence electrons. The lowest BCUT2D eigenvalue weighted by Gasteiger charge is -2.22. The number of nitrogens with one attached hydrogen (secondary N) is 1. The van der Waals surface area contributed by atoms with Gasteiger partial charge in [0.1, 0.15) is 6.04 Å². The summed E-state index contributed by atoms with van der Waals surface area (Å²) in [7, 11) is 0. The molecule has 0 aromatic heterocycles. The molecule has 0 radical (unpaired) electrons. The van der Waals surface area contributed by atoms with Crippen molar-refractivity contribution >= 4 is 29.2 Å². The van der Waals surface area contributed by atoms with E-state index >= 15 is 0 Å². The van der Waals surface area contributed by atoms with Crippen LogP contribution >= 0.6 is 23.2 Å². The third kappa shape index (κ3) is 5.00. The zero-order valence-electron chi connectivity index (χ0n) is 10.1. The van der Waals surface area contributed by atoms with Gasteiger partial charge in [-0.1, -0.05) is 0 Å². The third-order valence-electron chi connectivity index (χ3n) is 2.76. The predicted molar refractivity (Wildman–Crippen MR) is 69.8 cm³/mol. The highest BCUT2D eigenvalue weighted by Gasteiger charge is 2.36. The van der Waals surface area contributed by atoms with Crippen molar-refractivity contribution in [1.29, 1.82) is 0 Å². The summed E-state index contributed by atoms with van der Waals surface area (Å²) in [6.45, 7) is 5.37. The van der Waals surface area contributed by atoms with E-state index in [2.05, 4.69) is 10.2 Å². The number of hydrogen-bond acceptors (Lipinski definition) is 4. The van der Waals surface area contributed by atoms with Crippen molar-refractivity contribution in [3.63, 3.8) is 0 Å². The maximum absolute atomic E-state index is 11.7. The van der Waals surface area contributed by atoms with Gasteiger partial charge in [-0.3, -0.25) is 9.69 Å². The van der Waals surface area contributed by atoms with Crippen molar-refractivity contribution in [2.24, 2.45) is 0 Å². The van der Waals surface area contributed by atoms with Crippen LogP contribution in [0.15, 0.2) is 0 Å². The van der Waals surface area contributed by atoms with E-state index in [1.807, 2.05) is 6.92 Å². The topological polar surface area (TPSA) is 41.6 Å². The number of carbonyl (C=O) groups is 1. The molecule has 0 spiro atoms. The lowest BCUT2D eigenvalue weighted by atomic mass is 10.2. The minimum atomic E-state index is -0.185. The third-order valence-corrected chi connectivity index (χ3v) is 3.26. The number of halogens is 2. The van der Waals surface area contributed by atoms with E-state index in [1.165, 1.54) is 0 Å². The van der Waals surface area contributed by atoms with E-state index in [-0.39, 0.29) is 17.4 Å². The lowest BCUT2D eigenvalue weighted by Crippen LogP contribution is -2.41.